The van der Waals surface area contributed by atoms with Crippen LogP contribution < -0.4 is 14.8 Å². The van der Waals surface area contributed by atoms with Gasteiger partial charge in [0.15, 0.2) is 5.69 Å². The van der Waals surface area contributed by atoms with Gasteiger partial charge >= 0.3 is 6.36 Å². The molecule has 3 aromatic rings. The molecule has 2 N–H and O–H groups in total. The van der Waals surface area contributed by atoms with Gasteiger partial charge in [-0.15, -0.1) is 23.4 Å². The first kappa shape index (κ1) is 24.5. The van der Waals surface area contributed by atoms with Crippen LogP contribution in [-0.2, 0) is 26.2 Å². The fourth-order valence-electron chi connectivity index (χ4n) is 2.86. The summed E-state index contributed by atoms with van der Waals surface area (Å²) in [5, 5.41) is 18.6. The van der Waals surface area contributed by atoms with E-state index in [-0.39, 0.29) is 18.0 Å². The number of carbonyl (C=O) groups is 1. The van der Waals surface area contributed by atoms with Gasteiger partial charge in [-0.05, 0) is 36.8 Å². The number of amides is 1. The lowest BCUT2D eigenvalue weighted by Gasteiger charge is -2.10. The fourth-order valence-corrected chi connectivity index (χ4v) is 3.15. The Morgan fingerprint density at radius 1 is 1.09 bits per heavy atom. The molecule has 0 fully saturated rings. The van der Waals surface area contributed by atoms with E-state index < -0.39 is 12.3 Å². The minimum atomic E-state index is -4.77. The number of benzene rings is 1. The van der Waals surface area contributed by atoms with Crippen LogP contribution in [0.3, 0.4) is 0 Å². The molecule has 10 nitrogen and oxygen atoms in total. The average Bonchev–Trinajstić information content (AvgIpc) is 3.42. The highest BCUT2D eigenvalue weighted by molar-refractivity contribution is 7.96. The second-order valence-corrected chi connectivity index (χ2v) is 7.65. The van der Waals surface area contributed by atoms with Crippen molar-refractivity contribution in [3.05, 3.63) is 53.6 Å². The minimum Gasteiger partial charge on any atom is -0.406 e. The predicted molar refractivity (Wildman–Crippen MR) is 114 cm³/mol. The largest absolute Gasteiger partial charge is 0.573 e. The molecule has 0 aliphatic rings. The maximum absolute atomic E-state index is 12.3. The number of hydrogen-bond donors (Lipinski definition) is 2. The van der Waals surface area contributed by atoms with Gasteiger partial charge in [-0.2, -0.15) is 0 Å². The van der Waals surface area contributed by atoms with Crippen LogP contribution in [-0.4, -0.2) is 48.5 Å². The summed E-state index contributed by atoms with van der Waals surface area (Å²) in [6.07, 6.45) is 2.24. The molecule has 0 saturated carbocycles. The molecule has 0 spiro atoms. The van der Waals surface area contributed by atoms with Crippen molar-refractivity contribution in [1.29, 1.82) is 0 Å². The Morgan fingerprint density at radius 2 is 1.82 bits per heavy atom. The topological polar surface area (TPSA) is 112 Å². The normalized spacial score (nSPS) is 11.5. The van der Waals surface area contributed by atoms with Gasteiger partial charge < -0.3 is 10.1 Å². The van der Waals surface area contributed by atoms with Crippen LogP contribution in [0.5, 0.6) is 5.75 Å². The number of ether oxygens (including phenoxy) is 1. The van der Waals surface area contributed by atoms with E-state index in [1.54, 1.807) is 15.4 Å². The number of carbonyl (C=O) groups excluding carboxylic acids is 1. The van der Waals surface area contributed by atoms with Crippen molar-refractivity contribution >= 4 is 17.9 Å². The van der Waals surface area contributed by atoms with E-state index in [4.69, 9.17) is 0 Å². The number of nitrogens with one attached hydrogen (secondary N) is 2. The third kappa shape index (κ3) is 8.38. The van der Waals surface area contributed by atoms with E-state index in [0.29, 0.717) is 25.2 Å². The van der Waals surface area contributed by atoms with Crippen LogP contribution in [0.1, 0.15) is 34.6 Å². The van der Waals surface area contributed by atoms with Gasteiger partial charge in [-0.25, -0.2) is 0 Å². The van der Waals surface area contributed by atoms with E-state index in [1.165, 1.54) is 36.3 Å². The Bertz CT molecular complexity index is 1040. The third-order valence-electron chi connectivity index (χ3n) is 4.36. The quantitative estimate of drug-likeness (QED) is 0.298. The zero-order valence-electron chi connectivity index (χ0n) is 17.7. The van der Waals surface area contributed by atoms with Gasteiger partial charge in [0.2, 0.25) is 0 Å². The monoisotopic (exact) mass is 484 g/mol. The van der Waals surface area contributed by atoms with Crippen LogP contribution in [0, 0.1) is 0 Å². The van der Waals surface area contributed by atoms with E-state index in [2.05, 4.69) is 35.4 Å². The maximum Gasteiger partial charge on any atom is 0.573 e. The van der Waals surface area contributed by atoms with Gasteiger partial charge in [0, 0.05) is 25.8 Å². The summed E-state index contributed by atoms with van der Waals surface area (Å²) in [6.45, 7) is 1.96. The van der Waals surface area contributed by atoms with Gasteiger partial charge in [0.1, 0.15) is 5.75 Å². The first-order valence-corrected chi connectivity index (χ1v) is 11.2. The van der Waals surface area contributed by atoms with E-state index in [1.807, 2.05) is 12.5 Å². The van der Waals surface area contributed by atoms with Crippen molar-refractivity contribution < 1.29 is 22.7 Å². The van der Waals surface area contributed by atoms with Crippen molar-refractivity contribution in [2.75, 3.05) is 6.26 Å². The lowest BCUT2D eigenvalue weighted by molar-refractivity contribution is -0.274. The Labute approximate surface area is 192 Å². The third-order valence-corrected chi connectivity index (χ3v) is 4.80. The molecule has 33 heavy (non-hydrogen) atoms. The summed E-state index contributed by atoms with van der Waals surface area (Å²) < 4.78 is 47.3. The van der Waals surface area contributed by atoms with Crippen molar-refractivity contribution in [2.45, 2.75) is 45.4 Å². The number of unbranched alkanes of at least 4 members (excludes halogenated alkanes) is 1. The zero-order chi connectivity index (χ0) is 23.7. The number of nitrogens with zero attached hydrogens (tertiary/aromatic N) is 6. The van der Waals surface area contributed by atoms with Crippen molar-refractivity contribution in [2.24, 2.45) is 0 Å². The second kappa shape index (κ2) is 11.7. The molecule has 0 saturated heterocycles. The summed E-state index contributed by atoms with van der Waals surface area (Å²) in [6, 6.07) is 5.40. The maximum atomic E-state index is 12.3. The highest BCUT2D eigenvalue weighted by atomic mass is 32.2. The van der Waals surface area contributed by atoms with Crippen molar-refractivity contribution in [3.63, 3.8) is 0 Å². The Balaban J connectivity index is 1.40. The van der Waals surface area contributed by atoms with Gasteiger partial charge in [-0.3, -0.25) is 18.9 Å². The van der Waals surface area contributed by atoms with E-state index in [0.717, 1.165) is 18.5 Å². The molecule has 0 atom stereocenters. The number of aryl methyl sites for hydroxylation is 2. The summed E-state index contributed by atoms with van der Waals surface area (Å²) >= 11 is 1.52. The van der Waals surface area contributed by atoms with Crippen LogP contribution in [0.4, 0.5) is 13.2 Å². The van der Waals surface area contributed by atoms with Crippen molar-refractivity contribution in [3.8, 4) is 5.75 Å². The molecule has 3 rings (SSSR count). The molecule has 0 unspecified atom stereocenters. The minimum absolute atomic E-state index is 0.0209. The number of rotatable bonds is 12. The van der Waals surface area contributed by atoms with Crippen LogP contribution in [0.2, 0.25) is 0 Å². The number of hydrogen-bond acceptors (Lipinski definition) is 8. The Morgan fingerprint density at radius 3 is 2.55 bits per heavy atom. The molecule has 1 amide bonds. The van der Waals surface area contributed by atoms with Gasteiger partial charge in [0.25, 0.3) is 5.91 Å². The Hall–Kier alpha value is -3.13. The summed E-state index contributed by atoms with van der Waals surface area (Å²) in [4.78, 5) is 12.3. The lowest BCUT2D eigenvalue weighted by Crippen LogP contribution is -2.23. The summed E-state index contributed by atoms with van der Waals surface area (Å²) in [7, 11) is 0. The highest BCUT2D eigenvalue weighted by Gasteiger charge is 2.31. The molecule has 1 aromatic carbocycles. The van der Waals surface area contributed by atoms with Crippen LogP contribution in [0.25, 0.3) is 0 Å². The zero-order valence-corrected chi connectivity index (χ0v) is 18.6. The molecule has 0 aliphatic heterocycles. The molecular formula is C19H23F3N8O2S. The molecule has 2 heterocycles. The molecule has 14 heteroatoms. The number of aromatic nitrogens is 6. The molecule has 0 radical (unpaired) electrons. The highest BCUT2D eigenvalue weighted by Crippen LogP contribution is 2.23. The predicted octanol–water partition coefficient (Wildman–Crippen LogP) is 2.55. The SMILES string of the molecule is CSNCc1cn(CCCCn2cc(C(=O)NCc3cccc(OC(F)(F)F)c3)nn2)nn1. The smallest absolute Gasteiger partial charge is 0.406 e. The first-order chi connectivity index (χ1) is 15.8. The van der Waals surface area contributed by atoms with Gasteiger partial charge in [0.05, 0.1) is 18.4 Å². The average molecular weight is 485 g/mol. The summed E-state index contributed by atoms with van der Waals surface area (Å²) in [5.41, 5.74) is 1.45. The van der Waals surface area contributed by atoms with Crippen LogP contribution >= 0.6 is 11.9 Å². The lowest BCUT2D eigenvalue weighted by atomic mass is 10.2. The van der Waals surface area contributed by atoms with E-state index in [9.17, 15) is 18.0 Å². The van der Waals surface area contributed by atoms with E-state index >= 15 is 0 Å². The first-order valence-electron chi connectivity index (χ1n) is 10.0. The molecule has 0 bridgehead atoms. The van der Waals surface area contributed by atoms with Gasteiger partial charge in [-0.1, -0.05) is 34.5 Å². The summed E-state index contributed by atoms with van der Waals surface area (Å²) in [5.74, 6) is -0.823. The number of halogens is 3. The van der Waals surface area contributed by atoms with Crippen molar-refractivity contribution in [1.82, 2.24) is 40.0 Å². The Kier molecular flexibility index (Phi) is 8.65. The molecule has 178 valence electrons. The standard InChI is InChI=1S/C19H23F3N8O2S/c1-33-24-11-15-12-29(27-25-15)7-2-3-8-30-13-17(26-28-30)18(31)23-10-14-5-4-6-16(9-14)32-19(20,21)22/h4-6,9,12-13,24H,2-3,7-8,10-11H2,1H3,(H,23,31). The van der Waals surface area contributed by atoms with Crippen LogP contribution in [0.15, 0.2) is 36.7 Å². The second-order valence-electron chi connectivity index (χ2n) is 6.95. The number of alkyl halides is 3. The fraction of sp³-hybridized carbons (Fsp3) is 0.421. The molecular weight excluding hydrogens is 461 g/mol. The molecule has 0 aliphatic carbocycles. The molecule has 2 aromatic heterocycles.